The van der Waals surface area contributed by atoms with Crippen molar-refractivity contribution in [3.8, 4) is 5.75 Å². The summed E-state index contributed by atoms with van der Waals surface area (Å²) in [4.78, 5) is 30.5. The molecular formula is C16H17F2N3O4S. The van der Waals surface area contributed by atoms with Crippen LogP contribution in [0.4, 0.5) is 8.78 Å². The fraction of sp³-hybridized carbons (Fsp3) is 0.438. The van der Waals surface area contributed by atoms with Crippen molar-refractivity contribution >= 4 is 22.8 Å². The first-order valence-electron chi connectivity index (χ1n) is 7.86. The van der Waals surface area contributed by atoms with Gasteiger partial charge >= 0.3 is 6.08 Å². The van der Waals surface area contributed by atoms with Gasteiger partial charge in [-0.05, 0) is 32.4 Å². The molecule has 26 heavy (non-hydrogen) atoms. The zero-order valence-corrected chi connectivity index (χ0v) is 14.9. The van der Waals surface area contributed by atoms with E-state index >= 15 is 0 Å². The van der Waals surface area contributed by atoms with Crippen molar-refractivity contribution in [1.29, 1.82) is 0 Å². The number of fused-ring (bicyclic) bond motifs is 1. The van der Waals surface area contributed by atoms with Gasteiger partial charge in [-0.25, -0.2) is 9.97 Å². The van der Waals surface area contributed by atoms with E-state index in [2.05, 4.69) is 14.9 Å². The number of aromatic nitrogens is 3. The molecule has 0 amide bonds. The second-order valence-corrected chi connectivity index (χ2v) is 6.95. The molecule has 2 aromatic heterocycles. The molecule has 2 aromatic rings. The van der Waals surface area contributed by atoms with Crippen LogP contribution in [-0.4, -0.2) is 31.5 Å². The van der Waals surface area contributed by atoms with Gasteiger partial charge in [-0.15, -0.1) is 0 Å². The molecule has 10 heteroatoms. The third kappa shape index (κ3) is 3.51. The molecule has 1 N–H and O–H groups in total. The summed E-state index contributed by atoms with van der Waals surface area (Å²) in [5.74, 6) is -0.293. The van der Waals surface area contributed by atoms with Crippen molar-refractivity contribution in [3.05, 3.63) is 35.0 Å². The van der Waals surface area contributed by atoms with Crippen LogP contribution in [0, 0.1) is 0 Å². The molecule has 0 spiro atoms. The first-order valence-corrected chi connectivity index (χ1v) is 9.09. The van der Waals surface area contributed by atoms with Gasteiger partial charge in [0.15, 0.2) is 5.16 Å². The van der Waals surface area contributed by atoms with E-state index in [4.69, 9.17) is 4.89 Å². The lowest BCUT2D eigenvalue weighted by Crippen LogP contribution is -2.37. The van der Waals surface area contributed by atoms with Gasteiger partial charge in [0.1, 0.15) is 5.65 Å². The molecule has 2 heterocycles. The number of nitrogens with zero attached hydrogens (tertiary/aromatic N) is 3. The summed E-state index contributed by atoms with van der Waals surface area (Å²) in [5, 5.41) is 11.6. The van der Waals surface area contributed by atoms with E-state index in [0.29, 0.717) is 29.0 Å². The number of thioether (sulfide) groups is 1. The van der Waals surface area contributed by atoms with E-state index in [-0.39, 0.29) is 12.0 Å². The van der Waals surface area contributed by atoms with Gasteiger partial charge in [0.2, 0.25) is 12.0 Å². The minimum Gasteiger partial charge on any atom is -0.388 e. The Morgan fingerprint density at radius 2 is 2.31 bits per heavy atom. The zero-order chi connectivity index (χ0) is 18.9. The van der Waals surface area contributed by atoms with E-state index in [1.165, 1.54) is 28.6 Å². The van der Waals surface area contributed by atoms with Crippen LogP contribution >= 0.6 is 11.8 Å². The van der Waals surface area contributed by atoms with E-state index < -0.39 is 23.3 Å². The van der Waals surface area contributed by atoms with E-state index in [1.807, 2.05) is 0 Å². The molecule has 0 aromatic carbocycles. The summed E-state index contributed by atoms with van der Waals surface area (Å²) in [6.07, 6.45) is 3.15. The Morgan fingerprint density at radius 3 is 2.92 bits per heavy atom. The van der Waals surface area contributed by atoms with Crippen LogP contribution in [-0.2, 0) is 4.89 Å². The zero-order valence-electron chi connectivity index (χ0n) is 14.1. The molecule has 0 bridgehead atoms. The third-order valence-electron chi connectivity index (χ3n) is 4.37. The molecule has 1 saturated carbocycles. The third-order valence-corrected chi connectivity index (χ3v) is 4.93. The molecule has 7 nitrogen and oxygen atoms in total. The van der Waals surface area contributed by atoms with Crippen molar-refractivity contribution in [2.45, 2.75) is 43.0 Å². The molecule has 0 saturated heterocycles. The highest BCUT2D eigenvalue weighted by Gasteiger charge is 2.40. The highest BCUT2D eigenvalue weighted by Crippen LogP contribution is 2.39. The Bertz CT molecular complexity index is 912. The van der Waals surface area contributed by atoms with E-state index in [9.17, 15) is 18.7 Å². The molecule has 0 radical (unpaired) electrons. The average Bonchev–Trinajstić information content (AvgIpc) is 2.93. The molecule has 0 unspecified atom stereocenters. The van der Waals surface area contributed by atoms with Crippen LogP contribution in [0.25, 0.3) is 11.0 Å². The highest BCUT2D eigenvalue weighted by molar-refractivity contribution is 7.98. The number of rotatable bonds is 5. The Labute approximate surface area is 151 Å². The lowest BCUT2D eigenvalue weighted by Gasteiger charge is -2.28. The van der Waals surface area contributed by atoms with Gasteiger partial charge in [0.05, 0.1) is 11.6 Å². The Morgan fingerprint density at radius 1 is 1.54 bits per heavy atom. The Kier molecular flexibility index (Phi) is 5.15. The minimum absolute atomic E-state index is 0.0903. The van der Waals surface area contributed by atoms with Crippen molar-refractivity contribution in [2.24, 2.45) is 0 Å². The van der Waals surface area contributed by atoms with Crippen LogP contribution in [0.1, 0.15) is 32.2 Å². The van der Waals surface area contributed by atoms with Crippen LogP contribution in [0.3, 0.4) is 0 Å². The van der Waals surface area contributed by atoms with Crippen LogP contribution in [0.5, 0.6) is 5.75 Å². The largest absolute Gasteiger partial charge is 0.388 e. The summed E-state index contributed by atoms with van der Waals surface area (Å²) >= 11 is 1.31. The van der Waals surface area contributed by atoms with Crippen molar-refractivity contribution in [2.75, 3.05) is 6.26 Å². The smallest absolute Gasteiger partial charge is 0.309 e. The maximum Gasteiger partial charge on any atom is 0.309 e. The van der Waals surface area contributed by atoms with Crippen LogP contribution < -0.4 is 10.4 Å². The van der Waals surface area contributed by atoms with Gasteiger partial charge in [0, 0.05) is 17.6 Å². The number of halogens is 2. The van der Waals surface area contributed by atoms with Gasteiger partial charge < -0.3 is 5.11 Å². The van der Waals surface area contributed by atoms with Gasteiger partial charge in [-0.2, -0.15) is 8.78 Å². The Balaban J connectivity index is 2.18. The summed E-state index contributed by atoms with van der Waals surface area (Å²) in [6.45, 7) is 1.66. The molecule has 1 aliphatic rings. The summed E-state index contributed by atoms with van der Waals surface area (Å²) < 4.78 is 25.6. The van der Waals surface area contributed by atoms with Crippen molar-refractivity contribution < 1.29 is 23.7 Å². The molecular weight excluding hydrogens is 368 g/mol. The summed E-state index contributed by atoms with van der Waals surface area (Å²) in [5.41, 5.74) is -1.38. The maximum atomic E-state index is 12.9. The quantitative estimate of drug-likeness (QED) is 0.278. The molecule has 1 aliphatic carbocycles. The van der Waals surface area contributed by atoms with E-state index in [1.54, 1.807) is 13.2 Å². The van der Waals surface area contributed by atoms with Crippen molar-refractivity contribution in [1.82, 2.24) is 14.5 Å². The molecule has 1 fully saturated rings. The maximum absolute atomic E-state index is 12.9. The van der Waals surface area contributed by atoms with Gasteiger partial charge in [0.25, 0.3) is 5.56 Å². The second-order valence-electron chi connectivity index (χ2n) is 6.17. The molecule has 3 rings (SSSR count). The fourth-order valence-electron chi connectivity index (χ4n) is 3.18. The Hall–Kier alpha value is -2.20. The molecule has 140 valence electrons. The fourth-order valence-corrected chi connectivity index (χ4v) is 3.51. The standard InChI is InChI=1S/C16H17F2N3O4S/c1-16(23)5-3-4-11(16)21-13-9(7-19-15(20-13)26-2)6-10(14(21)22)25-24-8-12(17)18/h6-8,11,23H,3-5H2,1-2H3/t11-,16-/m1/s1. The number of hydrogen-bond donors (Lipinski definition) is 1. The molecule has 2 atom stereocenters. The lowest BCUT2D eigenvalue weighted by atomic mass is 10.00. The van der Waals surface area contributed by atoms with E-state index in [0.717, 1.165) is 6.42 Å². The lowest BCUT2D eigenvalue weighted by molar-refractivity contribution is -0.154. The second kappa shape index (κ2) is 7.20. The first kappa shape index (κ1) is 18.6. The summed E-state index contributed by atoms with van der Waals surface area (Å²) in [7, 11) is 0. The normalized spacial score (nSPS) is 22.4. The van der Waals surface area contributed by atoms with Crippen LogP contribution in [0.2, 0.25) is 0 Å². The first-order chi connectivity index (χ1) is 12.3. The topological polar surface area (TPSA) is 86.5 Å². The predicted octanol–water partition coefficient (Wildman–Crippen LogP) is 3.04. The number of pyridine rings is 1. The van der Waals surface area contributed by atoms with Crippen molar-refractivity contribution in [3.63, 3.8) is 0 Å². The van der Waals surface area contributed by atoms with Gasteiger partial charge in [-0.3, -0.25) is 19.1 Å². The SMILES string of the molecule is CSc1ncc2cc(OOC=C(F)F)c(=O)n([C@@H]3CCC[C@@]3(C)O)c2n1. The number of hydrogen-bond acceptors (Lipinski definition) is 7. The molecule has 0 aliphatic heterocycles. The van der Waals surface area contributed by atoms with Crippen LogP contribution in [0.15, 0.2) is 34.6 Å². The monoisotopic (exact) mass is 385 g/mol. The number of aliphatic hydroxyl groups is 1. The predicted molar refractivity (Wildman–Crippen MR) is 91.1 cm³/mol. The van der Waals surface area contributed by atoms with Gasteiger partial charge in [-0.1, -0.05) is 11.8 Å². The minimum atomic E-state index is -2.10. The summed E-state index contributed by atoms with van der Waals surface area (Å²) in [6, 6.07) is 0.797. The highest BCUT2D eigenvalue weighted by atomic mass is 32.2. The average molecular weight is 385 g/mol.